The summed E-state index contributed by atoms with van der Waals surface area (Å²) in [6, 6.07) is 8.31. The maximum atomic E-state index is 5.20. The van der Waals surface area contributed by atoms with Gasteiger partial charge in [-0.05, 0) is 37.2 Å². The average molecular weight is 207 g/mol. The SMILES string of the molecule is CCN(CC)CCc1cccc(OC)c1. The summed E-state index contributed by atoms with van der Waals surface area (Å²) in [6.07, 6.45) is 1.10. The van der Waals surface area contributed by atoms with Crippen molar-refractivity contribution in [2.45, 2.75) is 20.3 Å². The second-order valence-electron chi connectivity index (χ2n) is 3.63. The molecule has 15 heavy (non-hydrogen) atoms. The molecule has 0 N–H and O–H groups in total. The van der Waals surface area contributed by atoms with Gasteiger partial charge in [-0.2, -0.15) is 0 Å². The van der Waals surface area contributed by atoms with E-state index >= 15 is 0 Å². The van der Waals surface area contributed by atoms with Crippen molar-refractivity contribution in [2.75, 3.05) is 26.7 Å². The van der Waals surface area contributed by atoms with Gasteiger partial charge in [0.15, 0.2) is 0 Å². The second-order valence-corrected chi connectivity index (χ2v) is 3.63. The zero-order chi connectivity index (χ0) is 11.1. The largest absolute Gasteiger partial charge is 0.497 e. The quantitative estimate of drug-likeness (QED) is 0.711. The Morgan fingerprint density at radius 3 is 2.53 bits per heavy atom. The minimum absolute atomic E-state index is 0.951. The summed E-state index contributed by atoms with van der Waals surface area (Å²) in [4.78, 5) is 2.43. The maximum absolute atomic E-state index is 5.20. The lowest BCUT2D eigenvalue weighted by Crippen LogP contribution is -2.25. The van der Waals surface area contributed by atoms with Gasteiger partial charge >= 0.3 is 0 Å². The highest BCUT2D eigenvalue weighted by atomic mass is 16.5. The molecule has 1 rings (SSSR count). The molecule has 0 bridgehead atoms. The van der Waals surface area contributed by atoms with E-state index in [1.54, 1.807) is 7.11 Å². The Morgan fingerprint density at radius 2 is 1.93 bits per heavy atom. The zero-order valence-electron chi connectivity index (χ0n) is 9.99. The normalized spacial score (nSPS) is 10.7. The van der Waals surface area contributed by atoms with E-state index in [0.29, 0.717) is 0 Å². The third kappa shape index (κ3) is 3.92. The molecule has 0 heterocycles. The van der Waals surface area contributed by atoms with Crippen molar-refractivity contribution < 1.29 is 4.74 Å². The number of hydrogen-bond acceptors (Lipinski definition) is 2. The van der Waals surface area contributed by atoms with Crippen molar-refractivity contribution in [3.05, 3.63) is 29.8 Å². The lowest BCUT2D eigenvalue weighted by atomic mass is 10.1. The van der Waals surface area contributed by atoms with Gasteiger partial charge in [-0.1, -0.05) is 26.0 Å². The summed E-state index contributed by atoms with van der Waals surface area (Å²) >= 11 is 0. The third-order valence-corrected chi connectivity index (χ3v) is 2.75. The van der Waals surface area contributed by atoms with Crippen molar-refractivity contribution in [1.82, 2.24) is 4.90 Å². The predicted molar refractivity (Wildman–Crippen MR) is 64.5 cm³/mol. The van der Waals surface area contributed by atoms with E-state index in [4.69, 9.17) is 4.74 Å². The minimum atomic E-state index is 0.951. The van der Waals surface area contributed by atoms with Crippen LogP contribution in [0.3, 0.4) is 0 Å². The van der Waals surface area contributed by atoms with Gasteiger partial charge in [0.25, 0.3) is 0 Å². The molecule has 0 radical (unpaired) electrons. The fourth-order valence-electron chi connectivity index (χ4n) is 1.66. The van der Waals surface area contributed by atoms with Crippen LogP contribution in [0.5, 0.6) is 5.75 Å². The molecule has 84 valence electrons. The van der Waals surface area contributed by atoms with Gasteiger partial charge in [0, 0.05) is 6.54 Å². The van der Waals surface area contributed by atoms with Gasteiger partial charge in [-0.25, -0.2) is 0 Å². The highest BCUT2D eigenvalue weighted by Crippen LogP contribution is 2.13. The lowest BCUT2D eigenvalue weighted by Gasteiger charge is -2.17. The van der Waals surface area contributed by atoms with Crippen molar-refractivity contribution in [3.8, 4) is 5.75 Å². The van der Waals surface area contributed by atoms with Crippen molar-refractivity contribution >= 4 is 0 Å². The molecular weight excluding hydrogens is 186 g/mol. The number of ether oxygens (including phenoxy) is 1. The van der Waals surface area contributed by atoms with Crippen LogP contribution in [0.4, 0.5) is 0 Å². The molecule has 2 heteroatoms. The average Bonchev–Trinajstić information content (AvgIpc) is 2.31. The molecule has 1 aromatic rings. The van der Waals surface area contributed by atoms with Gasteiger partial charge < -0.3 is 9.64 Å². The molecule has 0 spiro atoms. The predicted octanol–water partition coefficient (Wildman–Crippen LogP) is 2.58. The van der Waals surface area contributed by atoms with Gasteiger partial charge in [-0.15, -0.1) is 0 Å². The Bertz CT molecular complexity index is 282. The Kier molecular flexibility index (Phi) is 5.19. The standard InChI is InChI=1S/C13H21NO/c1-4-14(5-2)10-9-12-7-6-8-13(11-12)15-3/h6-8,11H,4-5,9-10H2,1-3H3. The van der Waals surface area contributed by atoms with E-state index in [9.17, 15) is 0 Å². The molecule has 0 fully saturated rings. The van der Waals surface area contributed by atoms with Gasteiger partial charge in [-0.3, -0.25) is 0 Å². The van der Waals surface area contributed by atoms with Crippen LogP contribution in [-0.4, -0.2) is 31.6 Å². The van der Waals surface area contributed by atoms with Crippen molar-refractivity contribution in [3.63, 3.8) is 0 Å². The Balaban J connectivity index is 2.49. The number of nitrogens with zero attached hydrogens (tertiary/aromatic N) is 1. The molecular formula is C13H21NO. The van der Waals surface area contributed by atoms with Crippen LogP contribution in [0.2, 0.25) is 0 Å². The second kappa shape index (κ2) is 6.46. The summed E-state index contributed by atoms with van der Waals surface area (Å²) in [7, 11) is 1.71. The Morgan fingerprint density at radius 1 is 1.20 bits per heavy atom. The first-order chi connectivity index (χ1) is 7.30. The van der Waals surface area contributed by atoms with E-state index in [-0.39, 0.29) is 0 Å². The monoisotopic (exact) mass is 207 g/mol. The molecule has 0 atom stereocenters. The van der Waals surface area contributed by atoms with E-state index in [1.807, 2.05) is 6.07 Å². The van der Waals surface area contributed by atoms with E-state index < -0.39 is 0 Å². The number of methoxy groups -OCH3 is 1. The summed E-state index contributed by atoms with van der Waals surface area (Å²) in [5.74, 6) is 0.951. The lowest BCUT2D eigenvalue weighted by molar-refractivity contribution is 0.308. The van der Waals surface area contributed by atoms with Crippen LogP contribution in [0.15, 0.2) is 24.3 Å². The fourth-order valence-corrected chi connectivity index (χ4v) is 1.66. The van der Waals surface area contributed by atoms with Gasteiger partial charge in [0.05, 0.1) is 7.11 Å². The van der Waals surface area contributed by atoms with E-state index in [0.717, 1.165) is 31.8 Å². The van der Waals surface area contributed by atoms with Crippen LogP contribution in [0, 0.1) is 0 Å². The summed E-state index contributed by atoms with van der Waals surface area (Å²) in [5, 5.41) is 0. The molecule has 0 saturated heterocycles. The van der Waals surface area contributed by atoms with Crippen LogP contribution >= 0.6 is 0 Å². The first-order valence-corrected chi connectivity index (χ1v) is 5.65. The highest BCUT2D eigenvalue weighted by molar-refractivity contribution is 5.28. The summed E-state index contributed by atoms with van der Waals surface area (Å²) in [5.41, 5.74) is 1.35. The van der Waals surface area contributed by atoms with E-state index in [1.165, 1.54) is 5.56 Å². The molecule has 0 unspecified atom stereocenters. The van der Waals surface area contributed by atoms with E-state index in [2.05, 4.69) is 36.9 Å². The molecule has 2 nitrogen and oxygen atoms in total. The summed E-state index contributed by atoms with van der Waals surface area (Å²) < 4.78 is 5.20. The van der Waals surface area contributed by atoms with Crippen LogP contribution < -0.4 is 4.74 Å². The van der Waals surface area contributed by atoms with Crippen LogP contribution in [0.25, 0.3) is 0 Å². The first-order valence-electron chi connectivity index (χ1n) is 5.65. The van der Waals surface area contributed by atoms with Crippen LogP contribution in [0.1, 0.15) is 19.4 Å². The molecule has 0 aliphatic rings. The van der Waals surface area contributed by atoms with Crippen molar-refractivity contribution in [2.24, 2.45) is 0 Å². The van der Waals surface area contributed by atoms with Gasteiger partial charge in [0.2, 0.25) is 0 Å². The number of rotatable bonds is 6. The highest BCUT2D eigenvalue weighted by Gasteiger charge is 2.00. The van der Waals surface area contributed by atoms with Crippen molar-refractivity contribution in [1.29, 1.82) is 0 Å². The molecule has 0 saturated carbocycles. The first kappa shape index (κ1) is 12.1. The van der Waals surface area contributed by atoms with Crippen LogP contribution in [-0.2, 0) is 6.42 Å². The topological polar surface area (TPSA) is 12.5 Å². The van der Waals surface area contributed by atoms with Gasteiger partial charge in [0.1, 0.15) is 5.75 Å². The molecule has 0 amide bonds. The fraction of sp³-hybridized carbons (Fsp3) is 0.538. The molecule has 0 aliphatic heterocycles. The molecule has 1 aromatic carbocycles. The number of likely N-dealkylation sites (N-methyl/N-ethyl adjacent to an activating group) is 1. The smallest absolute Gasteiger partial charge is 0.119 e. The zero-order valence-corrected chi connectivity index (χ0v) is 9.99. The third-order valence-electron chi connectivity index (χ3n) is 2.75. The Labute approximate surface area is 92.9 Å². The minimum Gasteiger partial charge on any atom is -0.497 e. The number of benzene rings is 1. The Hall–Kier alpha value is -1.02. The molecule has 0 aliphatic carbocycles. The summed E-state index contributed by atoms with van der Waals surface area (Å²) in [6.45, 7) is 7.78. The molecule has 0 aromatic heterocycles. The maximum Gasteiger partial charge on any atom is 0.119 e. The number of hydrogen-bond donors (Lipinski definition) is 0.